The number of rotatable bonds is 6. The Bertz CT molecular complexity index is 1730. The van der Waals surface area contributed by atoms with Crippen molar-refractivity contribution < 1.29 is 31.8 Å². The fourth-order valence-corrected chi connectivity index (χ4v) is 7.93. The number of ether oxygens (including phenoxy) is 1. The minimum absolute atomic E-state index is 0.00872. The SMILES string of the molecule is Nc1nc2c(-c3c(C(F)(F)F)cc4c(N5CCC(CO)CC5)nc(OCC56CCCN5CCC6)nc4c3F)ccc(F)c2s1. The van der Waals surface area contributed by atoms with Crippen LogP contribution in [0, 0.1) is 17.6 Å². The van der Waals surface area contributed by atoms with E-state index in [1.54, 1.807) is 4.90 Å². The Labute approximate surface area is 253 Å². The van der Waals surface area contributed by atoms with Crippen LogP contribution in [0.4, 0.5) is 32.9 Å². The van der Waals surface area contributed by atoms with Gasteiger partial charge in [0.05, 0.1) is 21.3 Å². The first-order chi connectivity index (χ1) is 21.1. The summed E-state index contributed by atoms with van der Waals surface area (Å²) < 4.78 is 81.5. The lowest BCUT2D eigenvalue weighted by atomic mass is 9.94. The number of nitrogens with zero attached hydrogens (tertiary/aromatic N) is 5. The largest absolute Gasteiger partial charge is 0.461 e. The molecule has 0 aliphatic carbocycles. The van der Waals surface area contributed by atoms with E-state index in [1.807, 2.05) is 0 Å². The normalized spacial score (nSPS) is 19.4. The maximum absolute atomic E-state index is 16.7. The molecule has 3 saturated heterocycles. The number of aromatic nitrogens is 3. The van der Waals surface area contributed by atoms with Crippen LogP contribution in [0.1, 0.15) is 44.1 Å². The van der Waals surface area contributed by atoms with Crippen LogP contribution in [0.25, 0.3) is 32.2 Å². The van der Waals surface area contributed by atoms with Crippen LogP contribution >= 0.6 is 11.3 Å². The molecule has 3 aliphatic rings. The zero-order chi connectivity index (χ0) is 30.8. The third kappa shape index (κ3) is 4.91. The molecule has 0 bridgehead atoms. The number of aliphatic hydroxyl groups excluding tert-OH is 1. The molecule has 3 N–H and O–H groups in total. The minimum Gasteiger partial charge on any atom is -0.461 e. The third-order valence-electron chi connectivity index (χ3n) is 9.43. The zero-order valence-corrected chi connectivity index (χ0v) is 24.6. The number of fused-ring (bicyclic) bond motifs is 3. The average molecular weight is 635 g/mol. The zero-order valence-electron chi connectivity index (χ0n) is 23.8. The number of alkyl halides is 3. The van der Waals surface area contributed by atoms with E-state index in [1.165, 1.54) is 0 Å². The quantitative estimate of drug-likeness (QED) is 0.249. The summed E-state index contributed by atoms with van der Waals surface area (Å²) in [6.07, 6.45) is 0.205. The molecule has 0 amide bonds. The Morgan fingerprint density at radius 2 is 1.75 bits per heavy atom. The third-order valence-corrected chi connectivity index (χ3v) is 10.3. The summed E-state index contributed by atoms with van der Waals surface area (Å²) in [5.74, 6) is -1.74. The molecule has 0 atom stereocenters. The predicted molar refractivity (Wildman–Crippen MR) is 158 cm³/mol. The van der Waals surface area contributed by atoms with Crippen molar-refractivity contribution in [1.29, 1.82) is 0 Å². The van der Waals surface area contributed by atoms with Crippen molar-refractivity contribution in [2.24, 2.45) is 5.92 Å². The van der Waals surface area contributed by atoms with Gasteiger partial charge in [-0.25, -0.2) is 13.8 Å². The molecule has 2 aromatic carbocycles. The number of hydrogen-bond donors (Lipinski definition) is 2. The van der Waals surface area contributed by atoms with Gasteiger partial charge >= 0.3 is 12.2 Å². The van der Waals surface area contributed by atoms with Gasteiger partial charge in [0.15, 0.2) is 10.9 Å². The number of aliphatic hydroxyl groups is 1. The summed E-state index contributed by atoms with van der Waals surface area (Å²) in [4.78, 5) is 17.2. The lowest BCUT2D eigenvalue weighted by molar-refractivity contribution is -0.137. The van der Waals surface area contributed by atoms with Gasteiger partial charge in [0.2, 0.25) is 0 Å². The van der Waals surface area contributed by atoms with Crippen molar-refractivity contribution in [2.45, 2.75) is 50.2 Å². The highest BCUT2D eigenvalue weighted by molar-refractivity contribution is 7.22. The Morgan fingerprint density at radius 3 is 2.43 bits per heavy atom. The highest BCUT2D eigenvalue weighted by Gasteiger charge is 2.45. The van der Waals surface area contributed by atoms with Crippen LogP contribution in [-0.2, 0) is 6.18 Å². The van der Waals surface area contributed by atoms with Crippen molar-refractivity contribution in [2.75, 3.05) is 50.0 Å². The van der Waals surface area contributed by atoms with Crippen LogP contribution in [0.5, 0.6) is 6.01 Å². The van der Waals surface area contributed by atoms with Gasteiger partial charge in [-0.05, 0) is 75.7 Å². The van der Waals surface area contributed by atoms with E-state index in [-0.39, 0.29) is 68.3 Å². The first kappa shape index (κ1) is 29.4. The second-order valence-electron chi connectivity index (χ2n) is 12.0. The van der Waals surface area contributed by atoms with Crippen molar-refractivity contribution in [3.05, 3.63) is 35.4 Å². The predicted octanol–water partition coefficient (Wildman–Crippen LogP) is 6.00. The highest BCUT2D eigenvalue weighted by Crippen LogP contribution is 2.46. The van der Waals surface area contributed by atoms with Crippen molar-refractivity contribution in [3.8, 4) is 17.1 Å². The topological polar surface area (TPSA) is 101 Å². The van der Waals surface area contributed by atoms with Gasteiger partial charge in [-0.15, -0.1) is 0 Å². The van der Waals surface area contributed by atoms with Crippen LogP contribution in [-0.4, -0.2) is 69.9 Å². The van der Waals surface area contributed by atoms with E-state index in [0.717, 1.165) is 68.3 Å². The molecule has 7 rings (SSSR count). The Balaban J connectivity index is 1.42. The lowest BCUT2D eigenvalue weighted by Gasteiger charge is -2.33. The Hall–Kier alpha value is -3.36. The standard InChI is InChI=1S/C30H31F5N6O2S/c31-20-4-3-17(24-25(20)44-27(36)37-24)21-19(30(33,34)35)13-18-23(22(21)32)38-28(39-26(18)40-11-5-16(14-42)6-12-40)43-15-29-7-1-9-41(29)10-2-8-29/h3-4,13,16,42H,1-2,5-12,14-15H2,(H2,36,37). The van der Waals surface area contributed by atoms with Gasteiger partial charge in [0.25, 0.3) is 0 Å². The second kappa shape index (κ2) is 10.9. The molecular formula is C30H31F5N6O2S. The van der Waals surface area contributed by atoms with Crippen LogP contribution < -0.4 is 15.4 Å². The summed E-state index contributed by atoms with van der Waals surface area (Å²) in [5, 5.41) is 9.47. The summed E-state index contributed by atoms with van der Waals surface area (Å²) in [6, 6.07) is 2.82. The first-order valence-corrected chi connectivity index (χ1v) is 15.6. The first-order valence-electron chi connectivity index (χ1n) is 14.8. The summed E-state index contributed by atoms with van der Waals surface area (Å²) in [6.45, 7) is 3.06. The number of hydrogen-bond acceptors (Lipinski definition) is 9. The number of nitrogens with two attached hydrogens (primary N) is 1. The van der Waals surface area contributed by atoms with E-state index in [0.29, 0.717) is 25.9 Å². The number of thiazole rings is 1. The molecule has 0 unspecified atom stereocenters. The smallest absolute Gasteiger partial charge is 0.417 e. The van der Waals surface area contributed by atoms with Gasteiger partial charge in [-0.2, -0.15) is 23.1 Å². The minimum atomic E-state index is -4.98. The van der Waals surface area contributed by atoms with Crippen molar-refractivity contribution in [3.63, 3.8) is 0 Å². The van der Waals surface area contributed by atoms with Crippen molar-refractivity contribution >= 4 is 43.4 Å². The average Bonchev–Trinajstić information content (AvgIpc) is 3.70. The number of anilines is 2. The number of piperidine rings is 1. The van der Waals surface area contributed by atoms with Crippen LogP contribution in [0.2, 0.25) is 0 Å². The fourth-order valence-electron chi connectivity index (χ4n) is 7.16. The molecule has 5 heterocycles. The van der Waals surface area contributed by atoms with Gasteiger partial charge in [0, 0.05) is 36.2 Å². The van der Waals surface area contributed by atoms with E-state index in [2.05, 4.69) is 19.9 Å². The van der Waals surface area contributed by atoms with Gasteiger partial charge < -0.3 is 20.5 Å². The highest BCUT2D eigenvalue weighted by atomic mass is 32.1. The molecule has 44 heavy (non-hydrogen) atoms. The van der Waals surface area contributed by atoms with Gasteiger partial charge in [-0.3, -0.25) is 4.90 Å². The Kier molecular flexibility index (Phi) is 7.28. The van der Waals surface area contributed by atoms with E-state index < -0.39 is 28.9 Å². The molecule has 3 fully saturated rings. The molecule has 3 aliphatic heterocycles. The fraction of sp³-hybridized carbons (Fsp3) is 0.500. The summed E-state index contributed by atoms with van der Waals surface area (Å²) >= 11 is 0.776. The monoisotopic (exact) mass is 634 g/mol. The molecule has 0 spiro atoms. The molecular weight excluding hydrogens is 603 g/mol. The molecule has 14 heteroatoms. The van der Waals surface area contributed by atoms with Crippen molar-refractivity contribution in [1.82, 2.24) is 19.9 Å². The van der Waals surface area contributed by atoms with Crippen LogP contribution in [0.3, 0.4) is 0 Å². The Morgan fingerprint density at radius 1 is 1.02 bits per heavy atom. The molecule has 0 radical (unpaired) electrons. The number of benzene rings is 2. The molecule has 2 aromatic heterocycles. The van der Waals surface area contributed by atoms with Gasteiger partial charge in [0.1, 0.15) is 23.8 Å². The summed E-state index contributed by atoms with van der Waals surface area (Å²) in [5.41, 5.74) is 2.86. The van der Waals surface area contributed by atoms with Gasteiger partial charge in [-0.1, -0.05) is 11.3 Å². The molecule has 4 aromatic rings. The van der Waals surface area contributed by atoms with Crippen LogP contribution in [0.15, 0.2) is 18.2 Å². The number of halogens is 5. The van der Waals surface area contributed by atoms with E-state index in [9.17, 15) is 22.7 Å². The maximum Gasteiger partial charge on any atom is 0.417 e. The molecule has 234 valence electrons. The maximum atomic E-state index is 16.7. The lowest BCUT2D eigenvalue weighted by Crippen LogP contribution is -2.43. The number of nitrogen functional groups attached to an aromatic ring is 1. The van der Waals surface area contributed by atoms with E-state index >= 15 is 4.39 Å². The molecule has 0 saturated carbocycles. The summed E-state index contributed by atoms with van der Waals surface area (Å²) in [7, 11) is 0. The molecule has 8 nitrogen and oxygen atoms in total. The van der Waals surface area contributed by atoms with E-state index in [4.69, 9.17) is 10.5 Å². The second-order valence-corrected chi connectivity index (χ2v) is 13.0.